The third-order valence-corrected chi connectivity index (χ3v) is 5.12. The second kappa shape index (κ2) is 3.82. The van der Waals surface area contributed by atoms with Gasteiger partial charge in [-0.3, -0.25) is 4.90 Å². The number of likely N-dealkylation sites (N-methyl/N-ethyl adjacent to an activating group) is 1. The monoisotopic (exact) mass is 242 g/mol. The van der Waals surface area contributed by atoms with Crippen LogP contribution < -0.4 is 0 Å². The number of nitrogens with zero attached hydrogens (tertiary/aromatic N) is 4. The quantitative estimate of drug-likeness (QED) is 0.631. The van der Waals surface area contributed by atoms with Gasteiger partial charge in [-0.25, -0.2) is 0 Å². The molecule has 0 radical (unpaired) electrons. The van der Waals surface area contributed by atoms with E-state index in [1.54, 1.807) is 0 Å². The zero-order valence-electron chi connectivity index (χ0n) is 10.9. The highest BCUT2D eigenvalue weighted by Gasteiger charge is 2.58. The lowest BCUT2D eigenvalue weighted by Crippen LogP contribution is -2.65. The lowest BCUT2D eigenvalue weighted by molar-refractivity contribution is -0.0512. The van der Waals surface area contributed by atoms with Crippen LogP contribution in [0, 0.1) is 39.9 Å². The highest BCUT2D eigenvalue weighted by atomic mass is 15.2. The summed E-state index contributed by atoms with van der Waals surface area (Å²) in [5.41, 5.74) is 0.633. The molecule has 0 N–H and O–H groups in total. The Labute approximate surface area is 108 Å². The van der Waals surface area contributed by atoms with Gasteiger partial charge in [0.2, 0.25) is 0 Å². The van der Waals surface area contributed by atoms with Crippen LogP contribution in [0.15, 0.2) is 11.6 Å². The summed E-state index contributed by atoms with van der Waals surface area (Å²) >= 11 is 0. The van der Waals surface area contributed by atoms with E-state index in [4.69, 9.17) is 0 Å². The molecule has 0 amide bonds. The van der Waals surface area contributed by atoms with Crippen molar-refractivity contribution < 1.29 is 0 Å². The van der Waals surface area contributed by atoms with Crippen LogP contribution in [0.5, 0.6) is 0 Å². The summed E-state index contributed by atoms with van der Waals surface area (Å²) in [6, 6.07) is 5.10. The molecule has 3 aliphatic heterocycles. The molecule has 0 spiro atoms. The zero-order valence-corrected chi connectivity index (χ0v) is 10.9. The highest BCUT2D eigenvalue weighted by Crippen LogP contribution is 2.53. The van der Waals surface area contributed by atoms with Crippen LogP contribution in [0.1, 0.15) is 6.42 Å². The van der Waals surface area contributed by atoms with Crippen molar-refractivity contribution in [2.75, 3.05) is 33.7 Å². The summed E-state index contributed by atoms with van der Waals surface area (Å²) < 4.78 is 0. The molecule has 4 atom stereocenters. The minimum atomic E-state index is -0.273. The maximum atomic E-state index is 9.75. The minimum absolute atomic E-state index is 0.126. The van der Waals surface area contributed by atoms with Gasteiger partial charge in [0, 0.05) is 36.5 Å². The second-order valence-electron chi connectivity index (χ2n) is 6.00. The Hall–Kier alpha value is -1.36. The maximum absolute atomic E-state index is 9.75. The van der Waals surface area contributed by atoms with Crippen LogP contribution in [0.4, 0.5) is 0 Å². The normalized spacial score (nSPS) is 43.8. The molecule has 94 valence electrons. The SMILES string of the molecule is CN1CCC2(C#N)C(C1)C1CN(C)C2C=C1C#N. The summed E-state index contributed by atoms with van der Waals surface area (Å²) in [6.45, 7) is 2.85. The van der Waals surface area contributed by atoms with Crippen LogP contribution in [0.25, 0.3) is 0 Å². The van der Waals surface area contributed by atoms with Gasteiger partial charge >= 0.3 is 0 Å². The molecule has 2 bridgehead atoms. The molecule has 4 rings (SSSR count). The first-order valence-corrected chi connectivity index (χ1v) is 6.54. The largest absolute Gasteiger partial charge is 0.306 e. The van der Waals surface area contributed by atoms with Gasteiger partial charge in [0.05, 0.1) is 17.6 Å². The molecule has 0 saturated carbocycles. The predicted octanol–water partition coefficient (Wildman–Crippen LogP) is 0.842. The van der Waals surface area contributed by atoms with Crippen LogP contribution >= 0.6 is 0 Å². The first-order chi connectivity index (χ1) is 8.62. The molecule has 1 aliphatic carbocycles. The molecule has 2 fully saturated rings. The standard InChI is InChI=1S/C14H18N4/c1-17-4-3-14(9-16)12(8-17)11-7-18(2)13(14)5-10(11)6-15/h5,11-13H,3-4,7-8H2,1-2H3. The first kappa shape index (κ1) is 11.7. The molecule has 4 unspecified atom stereocenters. The third kappa shape index (κ3) is 1.31. The molecule has 0 aromatic carbocycles. The molecule has 18 heavy (non-hydrogen) atoms. The lowest BCUT2D eigenvalue weighted by atomic mass is 9.54. The fourth-order valence-corrected chi connectivity index (χ4v) is 4.16. The number of rotatable bonds is 0. The Morgan fingerprint density at radius 2 is 2.11 bits per heavy atom. The number of fused-ring (bicyclic) bond motifs is 1. The van der Waals surface area contributed by atoms with Gasteiger partial charge in [-0.2, -0.15) is 10.5 Å². The van der Waals surface area contributed by atoms with Crippen molar-refractivity contribution in [1.29, 1.82) is 10.5 Å². The Balaban J connectivity index is 2.09. The van der Waals surface area contributed by atoms with Gasteiger partial charge in [0.15, 0.2) is 0 Å². The minimum Gasteiger partial charge on any atom is -0.306 e. The van der Waals surface area contributed by atoms with Crippen LogP contribution in [-0.4, -0.2) is 49.6 Å². The summed E-state index contributed by atoms with van der Waals surface area (Å²) in [6.07, 6.45) is 2.98. The molecule has 3 heterocycles. The summed E-state index contributed by atoms with van der Waals surface area (Å²) in [7, 11) is 4.19. The summed E-state index contributed by atoms with van der Waals surface area (Å²) in [5, 5.41) is 19.0. The van der Waals surface area contributed by atoms with E-state index in [0.29, 0.717) is 5.92 Å². The number of piperidine rings is 2. The van der Waals surface area contributed by atoms with E-state index < -0.39 is 0 Å². The van der Waals surface area contributed by atoms with Crippen molar-refractivity contribution in [3.05, 3.63) is 11.6 Å². The third-order valence-electron chi connectivity index (χ3n) is 5.12. The Bertz CT molecular complexity index is 483. The fourth-order valence-electron chi connectivity index (χ4n) is 4.16. The van der Waals surface area contributed by atoms with Crippen molar-refractivity contribution in [2.45, 2.75) is 12.5 Å². The Morgan fingerprint density at radius 1 is 1.33 bits per heavy atom. The topological polar surface area (TPSA) is 54.1 Å². The van der Waals surface area contributed by atoms with Gasteiger partial charge < -0.3 is 4.90 Å². The molecular formula is C14H18N4. The van der Waals surface area contributed by atoms with Crippen LogP contribution in [0.3, 0.4) is 0 Å². The predicted molar refractivity (Wildman–Crippen MR) is 67.3 cm³/mol. The van der Waals surface area contributed by atoms with E-state index in [1.165, 1.54) is 0 Å². The zero-order chi connectivity index (χ0) is 12.9. The van der Waals surface area contributed by atoms with Gasteiger partial charge in [-0.05, 0) is 27.1 Å². The highest BCUT2D eigenvalue weighted by molar-refractivity contribution is 5.39. The van der Waals surface area contributed by atoms with Crippen molar-refractivity contribution in [2.24, 2.45) is 17.3 Å². The Morgan fingerprint density at radius 3 is 2.78 bits per heavy atom. The van der Waals surface area contributed by atoms with Crippen molar-refractivity contribution in [1.82, 2.24) is 9.80 Å². The van der Waals surface area contributed by atoms with Gasteiger partial charge in [-0.15, -0.1) is 0 Å². The fraction of sp³-hybridized carbons (Fsp3) is 0.714. The average Bonchev–Trinajstić information content (AvgIpc) is 2.39. The Kier molecular flexibility index (Phi) is 2.48. The van der Waals surface area contributed by atoms with Crippen molar-refractivity contribution in [3.63, 3.8) is 0 Å². The van der Waals surface area contributed by atoms with E-state index in [0.717, 1.165) is 31.6 Å². The molecule has 4 heteroatoms. The van der Waals surface area contributed by atoms with E-state index >= 15 is 0 Å². The molecular weight excluding hydrogens is 224 g/mol. The molecule has 4 nitrogen and oxygen atoms in total. The summed E-state index contributed by atoms with van der Waals surface area (Å²) in [5.74, 6) is 0.564. The number of nitriles is 2. The van der Waals surface area contributed by atoms with Gasteiger partial charge in [0.1, 0.15) is 0 Å². The van der Waals surface area contributed by atoms with E-state index in [9.17, 15) is 10.5 Å². The second-order valence-corrected chi connectivity index (χ2v) is 6.00. The first-order valence-electron chi connectivity index (χ1n) is 6.54. The van der Waals surface area contributed by atoms with E-state index in [1.807, 2.05) is 0 Å². The van der Waals surface area contributed by atoms with Gasteiger partial charge in [0.25, 0.3) is 0 Å². The smallest absolute Gasteiger partial charge is 0.0947 e. The number of hydrogen-bond acceptors (Lipinski definition) is 4. The summed E-state index contributed by atoms with van der Waals surface area (Å²) in [4.78, 5) is 4.56. The number of hydrogen-bond donors (Lipinski definition) is 0. The lowest BCUT2D eigenvalue weighted by Gasteiger charge is -2.58. The molecule has 2 saturated heterocycles. The molecule has 0 aromatic heterocycles. The van der Waals surface area contributed by atoms with Crippen molar-refractivity contribution >= 4 is 0 Å². The van der Waals surface area contributed by atoms with E-state index in [2.05, 4.69) is 42.1 Å². The van der Waals surface area contributed by atoms with Crippen LogP contribution in [-0.2, 0) is 0 Å². The number of likely N-dealkylation sites (tertiary alicyclic amines) is 1. The molecule has 4 aliphatic rings. The van der Waals surface area contributed by atoms with Crippen molar-refractivity contribution in [3.8, 4) is 12.1 Å². The van der Waals surface area contributed by atoms with Gasteiger partial charge in [-0.1, -0.05) is 6.08 Å². The molecule has 0 aromatic rings. The van der Waals surface area contributed by atoms with Crippen LogP contribution in [0.2, 0.25) is 0 Å². The van der Waals surface area contributed by atoms with E-state index in [-0.39, 0.29) is 17.4 Å². The average molecular weight is 242 g/mol. The maximum Gasteiger partial charge on any atom is 0.0947 e.